The number of hydrogen-bond acceptors (Lipinski definition) is 5. The third kappa shape index (κ3) is 2.79. The molecule has 1 saturated heterocycles. The average molecular weight is 305 g/mol. The Morgan fingerprint density at radius 3 is 2.82 bits per heavy atom. The Kier molecular flexibility index (Phi) is 3.79. The van der Waals surface area contributed by atoms with Crippen molar-refractivity contribution in [3.63, 3.8) is 0 Å². The van der Waals surface area contributed by atoms with Gasteiger partial charge in [0.25, 0.3) is 0 Å². The van der Waals surface area contributed by atoms with Gasteiger partial charge in [-0.15, -0.1) is 0 Å². The first kappa shape index (κ1) is 14.5. The lowest BCUT2D eigenvalue weighted by Gasteiger charge is -2.28. The van der Waals surface area contributed by atoms with Crippen LogP contribution in [0.2, 0.25) is 0 Å². The van der Waals surface area contributed by atoms with Crippen molar-refractivity contribution in [1.29, 1.82) is 0 Å². The van der Waals surface area contributed by atoms with E-state index in [-0.39, 0.29) is 17.6 Å². The number of nitrogens with zero attached hydrogens (tertiary/aromatic N) is 3. The normalized spacial score (nSPS) is 16.0. The quantitative estimate of drug-likeness (QED) is 0.922. The molecule has 0 spiro atoms. The van der Waals surface area contributed by atoms with Crippen LogP contribution in [0.25, 0.3) is 11.4 Å². The van der Waals surface area contributed by atoms with Gasteiger partial charge in [0.1, 0.15) is 0 Å². The maximum absolute atomic E-state index is 13.0. The Balaban J connectivity index is 1.78. The molecule has 116 valence electrons. The minimum absolute atomic E-state index is 0.0895. The number of benzene rings is 1. The molecule has 6 nitrogen and oxygen atoms in total. The maximum atomic E-state index is 13.0. The van der Waals surface area contributed by atoms with Gasteiger partial charge >= 0.3 is 11.8 Å². The van der Waals surface area contributed by atoms with Gasteiger partial charge in [-0.2, -0.15) is 4.98 Å². The zero-order valence-corrected chi connectivity index (χ0v) is 12.1. The number of likely N-dealkylation sites (tertiary alicyclic amines) is 1. The van der Waals surface area contributed by atoms with E-state index < -0.39 is 11.6 Å². The molecule has 0 unspecified atom stereocenters. The number of halogens is 1. The van der Waals surface area contributed by atoms with Crippen LogP contribution in [0.4, 0.5) is 4.39 Å². The van der Waals surface area contributed by atoms with Gasteiger partial charge in [0.15, 0.2) is 11.6 Å². The molecule has 1 N–H and O–H groups in total. The van der Waals surface area contributed by atoms with Gasteiger partial charge in [0.2, 0.25) is 5.82 Å². The predicted molar refractivity (Wildman–Crippen MR) is 75.7 cm³/mol. The molecule has 2 aromatic rings. The summed E-state index contributed by atoms with van der Waals surface area (Å²) >= 11 is 0. The van der Waals surface area contributed by atoms with Crippen LogP contribution in [0.3, 0.4) is 0 Å². The molecule has 1 amide bonds. The lowest BCUT2D eigenvalue weighted by molar-refractivity contribution is 0.0647. The molecule has 3 rings (SSSR count). The number of carbonyl (C=O) groups is 1. The fraction of sp³-hybridized carbons (Fsp3) is 0.400. The Bertz CT molecular complexity index is 693. The SMILES string of the molecule is CC1CCN(C(=O)c2nc(-c3ccc(F)c(O)c3)no2)CC1. The van der Waals surface area contributed by atoms with Crippen LogP contribution in [0, 0.1) is 11.7 Å². The lowest BCUT2D eigenvalue weighted by Crippen LogP contribution is -2.38. The van der Waals surface area contributed by atoms with Crippen molar-refractivity contribution in [2.75, 3.05) is 13.1 Å². The van der Waals surface area contributed by atoms with Crippen LogP contribution < -0.4 is 0 Å². The van der Waals surface area contributed by atoms with Crippen LogP contribution >= 0.6 is 0 Å². The first-order valence-corrected chi connectivity index (χ1v) is 7.16. The van der Waals surface area contributed by atoms with Crippen LogP contribution in [-0.2, 0) is 0 Å². The zero-order chi connectivity index (χ0) is 15.7. The monoisotopic (exact) mass is 305 g/mol. The largest absolute Gasteiger partial charge is 0.505 e. The molecule has 0 atom stereocenters. The van der Waals surface area contributed by atoms with Crippen molar-refractivity contribution in [3.8, 4) is 17.1 Å². The first-order valence-electron chi connectivity index (χ1n) is 7.16. The second kappa shape index (κ2) is 5.75. The summed E-state index contributed by atoms with van der Waals surface area (Å²) in [5.41, 5.74) is 0.383. The Morgan fingerprint density at radius 1 is 1.41 bits per heavy atom. The third-order valence-electron chi connectivity index (χ3n) is 3.88. The fourth-order valence-corrected chi connectivity index (χ4v) is 2.43. The topological polar surface area (TPSA) is 79.5 Å². The zero-order valence-electron chi connectivity index (χ0n) is 12.1. The summed E-state index contributed by atoms with van der Waals surface area (Å²) in [6.07, 6.45) is 1.91. The van der Waals surface area contributed by atoms with Crippen LogP contribution in [0.15, 0.2) is 22.7 Å². The van der Waals surface area contributed by atoms with Crippen LogP contribution in [-0.4, -0.2) is 39.1 Å². The van der Waals surface area contributed by atoms with E-state index in [4.69, 9.17) is 4.52 Å². The maximum Gasteiger partial charge on any atom is 0.316 e. The molecular weight excluding hydrogens is 289 g/mol. The van der Waals surface area contributed by atoms with Gasteiger partial charge in [-0.25, -0.2) is 4.39 Å². The highest BCUT2D eigenvalue weighted by atomic mass is 19.1. The molecule has 1 aromatic heterocycles. The van der Waals surface area contributed by atoms with E-state index in [1.807, 2.05) is 0 Å². The van der Waals surface area contributed by atoms with E-state index in [0.29, 0.717) is 24.6 Å². The van der Waals surface area contributed by atoms with Gasteiger partial charge in [-0.05, 0) is 37.0 Å². The van der Waals surface area contributed by atoms with Crippen molar-refractivity contribution in [1.82, 2.24) is 15.0 Å². The molecule has 0 saturated carbocycles. The van der Waals surface area contributed by atoms with E-state index in [2.05, 4.69) is 17.1 Å². The van der Waals surface area contributed by atoms with Gasteiger partial charge in [-0.3, -0.25) is 4.79 Å². The average Bonchev–Trinajstić information content (AvgIpc) is 3.00. The number of aromatic nitrogens is 2. The highest BCUT2D eigenvalue weighted by Crippen LogP contribution is 2.24. The number of aromatic hydroxyl groups is 1. The van der Waals surface area contributed by atoms with Crippen molar-refractivity contribution >= 4 is 5.91 Å². The minimum atomic E-state index is -0.731. The molecule has 0 aliphatic carbocycles. The Labute approximate surface area is 126 Å². The van der Waals surface area contributed by atoms with Gasteiger partial charge in [-0.1, -0.05) is 12.1 Å². The second-order valence-electron chi connectivity index (χ2n) is 5.56. The lowest BCUT2D eigenvalue weighted by atomic mass is 9.99. The van der Waals surface area contributed by atoms with Crippen molar-refractivity contribution in [2.45, 2.75) is 19.8 Å². The molecule has 1 aliphatic rings. The van der Waals surface area contributed by atoms with E-state index >= 15 is 0 Å². The van der Waals surface area contributed by atoms with E-state index in [1.54, 1.807) is 4.90 Å². The summed E-state index contributed by atoms with van der Waals surface area (Å²) in [4.78, 5) is 18.0. The van der Waals surface area contributed by atoms with Crippen LogP contribution in [0.5, 0.6) is 5.75 Å². The summed E-state index contributed by atoms with van der Waals surface area (Å²) < 4.78 is 18.1. The summed E-state index contributed by atoms with van der Waals surface area (Å²) in [6.45, 7) is 3.51. The number of rotatable bonds is 2. The van der Waals surface area contributed by atoms with Gasteiger partial charge in [0.05, 0.1) is 0 Å². The fourth-order valence-electron chi connectivity index (χ4n) is 2.43. The second-order valence-corrected chi connectivity index (χ2v) is 5.56. The molecule has 1 aromatic carbocycles. The van der Waals surface area contributed by atoms with E-state index in [0.717, 1.165) is 18.9 Å². The van der Waals surface area contributed by atoms with Crippen molar-refractivity contribution in [2.24, 2.45) is 5.92 Å². The molecule has 0 bridgehead atoms. The summed E-state index contributed by atoms with van der Waals surface area (Å²) in [6, 6.07) is 3.71. The highest BCUT2D eigenvalue weighted by molar-refractivity contribution is 5.90. The Hall–Kier alpha value is -2.44. The summed E-state index contributed by atoms with van der Waals surface area (Å²) in [5, 5.41) is 13.1. The molecule has 22 heavy (non-hydrogen) atoms. The standard InChI is InChI=1S/C15H16FN3O3/c1-9-4-6-19(7-5-9)15(21)14-17-13(18-22-14)10-2-3-11(16)12(20)8-10/h2-3,8-9,20H,4-7H2,1H3. The Morgan fingerprint density at radius 2 is 2.14 bits per heavy atom. The molecule has 1 fully saturated rings. The highest BCUT2D eigenvalue weighted by Gasteiger charge is 2.26. The van der Waals surface area contributed by atoms with Crippen LogP contribution in [0.1, 0.15) is 30.5 Å². The smallest absolute Gasteiger partial charge is 0.316 e. The van der Waals surface area contributed by atoms with Crippen molar-refractivity contribution in [3.05, 3.63) is 29.9 Å². The third-order valence-corrected chi connectivity index (χ3v) is 3.88. The molecular formula is C15H16FN3O3. The first-order chi connectivity index (χ1) is 10.5. The predicted octanol–water partition coefficient (Wildman–Crippen LogP) is 2.45. The molecule has 2 heterocycles. The van der Waals surface area contributed by atoms with Gasteiger partial charge < -0.3 is 14.5 Å². The molecule has 7 heteroatoms. The summed E-state index contributed by atoms with van der Waals surface area (Å²) in [7, 11) is 0. The van der Waals surface area contributed by atoms with Gasteiger partial charge in [0, 0.05) is 18.7 Å². The number of phenolic OH excluding ortho intramolecular Hbond substituents is 1. The number of piperidine rings is 1. The molecule has 0 radical (unpaired) electrons. The number of hydrogen-bond donors (Lipinski definition) is 1. The van der Waals surface area contributed by atoms with E-state index in [1.165, 1.54) is 12.1 Å². The van der Waals surface area contributed by atoms with Crippen molar-refractivity contribution < 1.29 is 18.8 Å². The number of amides is 1. The number of phenols is 1. The van der Waals surface area contributed by atoms with E-state index in [9.17, 15) is 14.3 Å². The number of carbonyl (C=O) groups excluding carboxylic acids is 1. The molecule has 1 aliphatic heterocycles. The summed E-state index contributed by atoms with van der Waals surface area (Å²) in [5.74, 6) is -0.856. The minimum Gasteiger partial charge on any atom is -0.505 e.